The molecule has 2 unspecified atom stereocenters. The fraction of sp³-hybridized carbons (Fsp3) is 0.812. The predicted molar refractivity (Wildman–Crippen MR) is 80.3 cm³/mol. The van der Waals surface area contributed by atoms with Crippen molar-refractivity contribution < 1.29 is 4.39 Å². The largest absolute Gasteiger partial charge is 0.330 e. The van der Waals surface area contributed by atoms with Crippen LogP contribution in [-0.4, -0.2) is 22.5 Å². The molecular formula is C16H28FN3. The highest BCUT2D eigenvalue weighted by Crippen LogP contribution is 2.28. The Bertz CT molecular complexity index is 396. The van der Waals surface area contributed by atoms with Crippen LogP contribution in [0.5, 0.6) is 0 Å². The van der Waals surface area contributed by atoms with Gasteiger partial charge < -0.3 is 5.73 Å². The molecule has 0 saturated heterocycles. The van der Waals surface area contributed by atoms with Crippen molar-refractivity contribution in [2.75, 3.05) is 6.54 Å². The van der Waals surface area contributed by atoms with Gasteiger partial charge in [-0.25, -0.2) is 4.39 Å². The third-order valence-corrected chi connectivity index (χ3v) is 4.61. The maximum atomic E-state index is 14.3. The van der Waals surface area contributed by atoms with Crippen LogP contribution in [0.1, 0.15) is 57.7 Å². The van der Waals surface area contributed by atoms with E-state index in [2.05, 4.69) is 5.10 Å². The van der Waals surface area contributed by atoms with E-state index in [4.69, 9.17) is 5.73 Å². The first kappa shape index (κ1) is 15.5. The molecule has 4 heteroatoms. The first-order chi connectivity index (χ1) is 9.61. The lowest BCUT2D eigenvalue weighted by molar-refractivity contribution is 0.183. The maximum absolute atomic E-state index is 14.3. The van der Waals surface area contributed by atoms with E-state index < -0.39 is 6.17 Å². The van der Waals surface area contributed by atoms with Gasteiger partial charge in [0.2, 0.25) is 0 Å². The molecule has 2 atom stereocenters. The third-order valence-electron chi connectivity index (χ3n) is 4.61. The van der Waals surface area contributed by atoms with Crippen molar-refractivity contribution in [2.24, 2.45) is 17.6 Å². The Labute approximate surface area is 121 Å². The van der Waals surface area contributed by atoms with Gasteiger partial charge in [0.1, 0.15) is 6.17 Å². The Morgan fingerprint density at radius 1 is 1.35 bits per heavy atom. The van der Waals surface area contributed by atoms with E-state index in [-0.39, 0.29) is 11.8 Å². The highest BCUT2D eigenvalue weighted by molar-refractivity contribution is 5.02. The minimum absolute atomic E-state index is 0.0742. The molecule has 1 aliphatic carbocycles. The van der Waals surface area contributed by atoms with Crippen molar-refractivity contribution in [3.8, 4) is 0 Å². The van der Waals surface area contributed by atoms with Crippen LogP contribution in [0, 0.1) is 11.8 Å². The number of aromatic nitrogens is 2. The smallest absolute Gasteiger partial charge is 0.110 e. The fourth-order valence-corrected chi connectivity index (χ4v) is 3.22. The molecule has 1 fully saturated rings. The summed E-state index contributed by atoms with van der Waals surface area (Å²) in [7, 11) is 0. The fourth-order valence-electron chi connectivity index (χ4n) is 3.22. The van der Waals surface area contributed by atoms with Gasteiger partial charge in [0, 0.05) is 18.5 Å². The molecule has 20 heavy (non-hydrogen) atoms. The molecule has 1 aliphatic rings. The predicted octanol–water partition coefficient (Wildman–Crippen LogP) is 3.50. The number of alkyl halides is 1. The van der Waals surface area contributed by atoms with E-state index >= 15 is 0 Å². The van der Waals surface area contributed by atoms with Crippen molar-refractivity contribution in [1.82, 2.24) is 9.78 Å². The molecule has 0 aliphatic heterocycles. The van der Waals surface area contributed by atoms with Gasteiger partial charge in [0.15, 0.2) is 0 Å². The highest BCUT2D eigenvalue weighted by atomic mass is 19.1. The minimum Gasteiger partial charge on any atom is -0.330 e. The average Bonchev–Trinajstić information content (AvgIpc) is 2.88. The van der Waals surface area contributed by atoms with Crippen LogP contribution >= 0.6 is 0 Å². The normalized spacial score (nSPS) is 20.2. The molecule has 3 nitrogen and oxygen atoms in total. The van der Waals surface area contributed by atoms with Crippen molar-refractivity contribution in [3.05, 3.63) is 18.0 Å². The zero-order valence-electron chi connectivity index (χ0n) is 12.8. The first-order valence-corrected chi connectivity index (χ1v) is 8.00. The van der Waals surface area contributed by atoms with Gasteiger partial charge in [-0.1, -0.05) is 33.1 Å². The van der Waals surface area contributed by atoms with E-state index in [1.165, 1.54) is 32.1 Å². The standard InChI is InChI=1S/C16H28FN3/c1-12(2)15(11-18)16(17)10-13-8-9-20(19-13)14-6-4-3-5-7-14/h8-9,12,14-16H,3-7,10-11,18H2,1-2H3. The van der Waals surface area contributed by atoms with Gasteiger partial charge in [-0.15, -0.1) is 0 Å². The number of hydrogen-bond donors (Lipinski definition) is 1. The van der Waals surface area contributed by atoms with Crippen LogP contribution in [0.2, 0.25) is 0 Å². The third kappa shape index (κ3) is 3.81. The lowest BCUT2D eigenvalue weighted by Gasteiger charge is -2.23. The Kier molecular flexibility index (Phi) is 5.58. The molecule has 0 amide bonds. The molecule has 0 radical (unpaired) electrons. The molecule has 1 saturated carbocycles. The molecule has 1 aromatic rings. The summed E-state index contributed by atoms with van der Waals surface area (Å²) in [6.07, 6.45) is 7.83. The van der Waals surface area contributed by atoms with Gasteiger partial charge >= 0.3 is 0 Å². The van der Waals surface area contributed by atoms with E-state index in [0.29, 0.717) is 19.0 Å². The van der Waals surface area contributed by atoms with E-state index in [1.54, 1.807) is 0 Å². The maximum Gasteiger partial charge on any atom is 0.110 e. The Morgan fingerprint density at radius 2 is 2.05 bits per heavy atom. The van der Waals surface area contributed by atoms with Crippen LogP contribution < -0.4 is 5.73 Å². The van der Waals surface area contributed by atoms with Crippen LogP contribution in [0.15, 0.2) is 12.3 Å². The van der Waals surface area contributed by atoms with Crippen molar-refractivity contribution >= 4 is 0 Å². The van der Waals surface area contributed by atoms with Gasteiger partial charge in [-0.2, -0.15) is 5.10 Å². The second kappa shape index (κ2) is 7.21. The van der Waals surface area contributed by atoms with Crippen molar-refractivity contribution in [1.29, 1.82) is 0 Å². The summed E-state index contributed by atoms with van der Waals surface area (Å²) in [5, 5.41) is 4.59. The number of nitrogens with two attached hydrogens (primary N) is 1. The van der Waals surface area contributed by atoms with Crippen LogP contribution in [0.4, 0.5) is 4.39 Å². The quantitative estimate of drug-likeness (QED) is 0.867. The molecule has 0 spiro atoms. The molecule has 1 aromatic heterocycles. The molecule has 2 N–H and O–H groups in total. The second-order valence-corrected chi connectivity index (χ2v) is 6.44. The monoisotopic (exact) mass is 281 g/mol. The van der Waals surface area contributed by atoms with E-state index in [0.717, 1.165) is 5.69 Å². The molecule has 0 bridgehead atoms. The van der Waals surface area contributed by atoms with E-state index in [1.807, 2.05) is 30.8 Å². The van der Waals surface area contributed by atoms with Crippen LogP contribution in [0.25, 0.3) is 0 Å². The summed E-state index contributed by atoms with van der Waals surface area (Å²) in [4.78, 5) is 0. The Balaban J connectivity index is 1.94. The molecule has 2 rings (SSSR count). The van der Waals surface area contributed by atoms with Gasteiger partial charge in [-0.05, 0) is 31.4 Å². The van der Waals surface area contributed by atoms with Crippen LogP contribution in [0.3, 0.4) is 0 Å². The van der Waals surface area contributed by atoms with E-state index in [9.17, 15) is 4.39 Å². The van der Waals surface area contributed by atoms with Crippen LogP contribution in [-0.2, 0) is 6.42 Å². The zero-order chi connectivity index (χ0) is 14.5. The lowest BCUT2D eigenvalue weighted by atomic mass is 9.89. The topological polar surface area (TPSA) is 43.8 Å². The molecule has 0 aromatic carbocycles. The SMILES string of the molecule is CC(C)C(CN)C(F)Cc1ccn(C2CCCCC2)n1. The minimum atomic E-state index is -0.894. The Morgan fingerprint density at radius 3 is 2.65 bits per heavy atom. The second-order valence-electron chi connectivity index (χ2n) is 6.44. The van der Waals surface area contributed by atoms with Crippen molar-refractivity contribution in [3.63, 3.8) is 0 Å². The Hall–Kier alpha value is -0.900. The average molecular weight is 281 g/mol. The summed E-state index contributed by atoms with van der Waals surface area (Å²) in [6, 6.07) is 2.49. The van der Waals surface area contributed by atoms with Gasteiger partial charge in [0.25, 0.3) is 0 Å². The lowest BCUT2D eigenvalue weighted by Crippen LogP contribution is -2.30. The summed E-state index contributed by atoms with van der Waals surface area (Å²) in [5.41, 5.74) is 6.55. The van der Waals surface area contributed by atoms with Crippen molar-refractivity contribution in [2.45, 2.75) is 64.6 Å². The zero-order valence-corrected chi connectivity index (χ0v) is 12.8. The number of halogens is 1. The van der Waals surface area contributed by atoms with Gasteiger partial charge in [0.05, 0.1) is 11.7 Å². The number of rotatable bonds is 6. The summed E-state index contributed by atoms with van der Waals surface area (Å²) in [6.45, 7) is 4.47. The first-order valence-electron chi connectivity index (χ1n) is 8.00. The number of hydrogen-bond acceptors (Lipinski definition) is 2. The summed E-state index contributed by atoms with van der Waals surface area (Å²) in [5.74, 6) is 0.199. The number of nitrogens with zero attached hydrogens (tertiary/aromatic N) is 2. The molecule has 114 valence electrons. The summed E-state index contributed by atoms with van der Waals surface area (Å²) < 4.78 is 16.4. The summed E-state index contributed by atoms with van der Waals surface area (Å²) >= 11 is 0. The highest BCUT2D eigenvalue weighted by Gasteiger charge is 2.24. The van der Waals surface area contributed by atoms with Gasteiger partial charge in [-0.3, -0.25) is 4.68 Å². The molecular weight excluding hydrogens is 253 g/mol. The molecule has 1 heterocycles.